The number of ether oxygens (including phenoxy) is 2. The molecule has 0 spiro atoms. The topological polar surface area (TPSA) is 76.1 Å². The van der Waals surface area contributed by atoms with Crippen LogP contribution in [0.3, 0.4) is 0 Å². The predicted octanol–water partition coefficient (Wildman–Crippen LogP) is 6.19. The first kappa shape index (κ1) is 28.2. The largest absolute Gasteiger partial charge is 0.491 e. The molecule has 4 rings (SSSR count). The summed E-state index contributed by atoms with van der Waals surface area (Å²) in [7, 11) is 0. The summed E-state index contributed by atoms with van der Waals surface area (Å²) in [6, 6.07) is 22.0. The number of hydrogen-bond acceptors (Lipinski definition) is 4. The summed E-state index contributed by atoms with van der Waals surface area (Å²) >= 11 is 0. The molecule has 6 nitrogen and oxygen atoms in total. The van der Waals surface area contributed by atoms with Crippen LogP contribution in [0, 0.1) is 0 Å². The molecule has 1 N–H and O–H groups in total. The summed E-state index contributed by atoms with van der Waals surface area (Å²) in [6.45, 7) is 10.2. The first-order chi connectivity index (χ1) is 18.5. The van der Waals surface area contributed by atoms with E-state index in [0.717, 1.165) is 35.3 Å². The molecule has 0 saturated heterocycles. The van der Waals surface area contributed by atoms with Crippen molar-refractivity contribution < 1.29 is 24.2 Å². The number of amides is 1. The average molecular weight is 530 g/mol. The highest BCUT2D eigenvalue weighted by molar-refractivity contribution is 5.83. The van der Waals surface area contributed by atoms with Crippen LogP contribution in [0.15, 0.2) is 66.7 Å². The Bertz CT molecular complexity index is 1310. The van der Waals surface area contributed by atoms with Gasteiger partial charge in [0.2, 0.25) is 5.91 Å². The molecule has 3 aromatic carbocycles. The van der Waals surface area contributed by atoms with Gasteiger partial charge in [-0.3, -0.25) is 9.59 Å². The fraction of sp³-hybridized carbons (Fsp3) is 0.394. The van der Waals surface area contributed by atoms with E-state index in [1.165, 1.54) is 16.0 Å². The third kappa shape index (κ3) is 7.62. The van der Waals surface area contributed by atoms with Crippen molar-refractivity contribution in [3.8, 4) is 11.5 Å². The van der Waals surface area contributed by atoms with Crippen LogP contribution in [0.5, 0.6) is 11.5 Å². The van der Waals surface area contributed by atoms with Crippen LogP contribution >= 0.6 is 0 Å². The van der Waals surface area contributed by atoms with Gasteiger partial charge in [0, 0.05) is 19.4 Å². The zero-order valence-electron chi connectivity index (χ0n) is 23.6. The third-order valence-electron chi connectivity index (χ3n) is 6.95. The van der Waals surface area contributed by atoms with Crippen molar-refractivity contribution in [3.63, 3.8) is 0 Å². The van der Waals surface area contributed by atoms with Crippen molar-refractivity contribution in [1.82, 2.24) is 4.90 Å². The van der Waals surface area contributed by atoms with E-state index in [-0.39, 0.29) is 37.1 Å². The molecule has 6 heteroatoms. The van der Waals surface area contributed by atoms with Gasteiger partial charge in [-0.15, -0.1) is 0 Å². The van der Waals surface area contributed by atoms with E-state index in [1.54, 1.807) is 0 Å². The van der Waals surface area contributed by atoms with Gasteiger partial charge in [-0.2, -0.15) is 0 Å². The van der Waals surface area contributed by atoms with E-state index in [0.29, 0.717) is 11.7 Å². The van der Waals surface area contributed by atoms with E-state index < -0.39 is 5.97 Å². The second-order valence-electron chi connectivity index (χ2n) is 11.4. The molecule has 0 bridgehead atoms. The number of fused-ring (bicyclic) bond motifs is 1. The van der Waals surface area contributed by atoms with Crippen LogP contribution < -0.4 is 9.47 Å². The standard InChI is InChI=1S/C33H39NO5/c1-22(2)27-12-9-24(10-13-27)18-33(5)19-28-15-25(11-14-30(28)39-33)17-31(35)34(21-32(36)37)20-26-7-6-8-29(16-26)38-23(3)4/h6-16,22-23H,17-21H2,1-5H3,(H,36,37)/t33-/m0/s1. The van der Waals surface area contributed by atoms with Crippen molar-refractivity contribution in [2.24, 2.45) is 0 Å². The molecule has 39 heavy (non-hydrogen) atoms. The van der Waals surface area contributed by atoms with Crippen LogP contribution in [0.1, 0.15) is 68.4 Å². The highest BCUT2D eigenvalue weighted by Crippen LogP contribution is 2.37. The molecule has 0 unspecified atom stereocenters. The summed E-state index contributed by atoms with van der Waals surface area (Å²) in [5.74, 6) is 0.759. The third-order valence-corrected chi connectivity index (χ3v) is 6.95. The molecule has 0 aliphatic carbocycles. The lowest BCUT2D eigenvalue weighted by atomic mass is 9.90. The SMILES string of the molecule is CC(C)Oc1cccc(CN(CC(=O)O)C(=O)Cc2ccc3c(c2)C[C@](C)(Cc2ccc(C(C)C)cc2)O3)c1. The number of nitrogens with zero attached hydrogens (tertiary/aromatic N) is 1. The minimum absolute atomic E-state index is 0.0214. The zero-order valence-corrected chi connectivity index (χ0v) is 23.6. The van der Waals surface area contributed by atoms with Gasteiger partial charge in [-0.05, 0) is 72.7 Å². The van der Waals surface area contributed by atoms with Crippen LogP contribution in [0.25, 0.3) is 0 Å². The number of carbonyl (C=O) groups is 2. The maximum atomic E-state index is 13.3. The maximum absolute atomic E-state index is 13.3. The van der Waals surface area contributed by atoms with Crippen molar-refractivity contribution >= 4 is 11.9 Å². The Balaban J connectivity index is 1.43. The Morgan fingerprint density at radius 1 is 0.974 bits per heavy atom. The summed E-state index contributed by atoms with van der Waals surface area (Å²) in [5, 5.41) is 9.46. The Morgan fingerprint density at radius 2 is 1.69 bits per heavy atom. The summed E-state index contributed by atoms with van der Waals surface area (Å²) < 4.78 is 12.1. The number of benzene rings is 3. The van der Waals surface area contributed by atoms with Crippen LogP contribution in [0.4, 0.5) is 0 Å². The van der Waals surface area contributed by atoms with Crippen molar-refractivity contribution in [3.05, 3.63) is 94.5 Å². The van der Waals surface area contributed by atoms with E-state index >= 15 is 0 Å². The van der Waals surface area contributed by atoms with Crippen LogP contribution in [-0.4, -0.2) is 40.1 Å². The Kier molecular flexibility index (Phi) is 8.63. The number of hydrogen-bond donors (Lipinski definition) is 1. The second kappa shape index (κ2) is 11.9. The van der Waals surface area contributed by atoms with Gasteiger partial charge in [-0.1, -0.05) is 62.4 Å². The molecule has 0 saturated carbocycles. The summed E-state index contributed by atoms with van der Waals surface area (Å²) in [4.78, 5) is 26.2. The average Bonchev–Trinajstić information content (AvgIpc) is 3.18. The fourth-order valence-electron chi connectivity index (χ4n) is 5.13. The van der Waals surface area contributed by atoms with Crippen molar-refractivity contribution in [2.45, 2.75) is 78.0 Å². The molecule has 1 atom stereocenters. The minimum Gasteiger partial charge on any atom is -0.491 e. The van der Waals surface area contributed by atoms with E-state index in [1.807, 2.05) is 56.3 Å². The molecule has 1 aliphatic rings. The molecular weight excluding hydrogens is 490 g/mol. The predicted molar refractivity (Wildman–Crippen MR) is 152 cm³/mol. The van der Waals surface area contributed by atoms with Crippen LogP contribution in [-0.2, 0) is 35.4 Å². The van der Waals surface area contributed by atoms with E-state index in [4.69, 9.17) is 9.47 Å². The molecular formula is C33H39NO5. The first-order valence-electron chi connectivity index (χ1n) is 13.6. The molecule has 0 aromatic heterocycles. The Morgan fingerprint density at radius 3 is 2.36 bits per heavy atom. The van der Waals surface area contributed by atoms with Crippen molar-refractivity contribution in [2.75, 3.05) is 6.54 Å². The lowest BCUT2D eigenvalue weighted by Crippen LogP contribution is -2.36. The number of carboxylic acids is 1. The number of rotatable bonds is 11. The molecule has 1 amide bonds. The van der Waals surface area contributed by atoms with Gasteiger partial charge in [0.1, 0.15) is 23.6 Å². The quantitative estimate of drug-likeness (QED) is 0.321. The highest BCUT2D eigenvalue weighted by Gasteiger charge is 2.35. The van der Waals surface area contributed by atoms with Gasteiger partial charge < -0.3 is 19.5 Å². The summed E-state index contributed by atoms with van der Waals surface area (Å²) in [5.41, 5.74) is 4.94. The molecule has 0 fully saturated rings. The van der Waals surface area contributed by atoms with Gasteiger partial charge in [-0.25, -0.2) is 0 Å². The smallest absolute Gasteiger partial charge is 0.323 e. The maximum Gasteiger partial charge on any atom is 0.323 e. The number of carboxylic acid groups (broad SMARTS) is 1. The van der Waals surface area contributed by atoms with Gasteiger partial charge in [0.05, 0.1) is 12.5 Å². The molecule has 1 aliphatic heterocycles. The minimum atomic E-state index is -1.04. The Labute approximate surface area is 231 Å². The van der Waals surface area contributed by atoms with Crippen LogP contribution in [0.2, 0.25) is 0 Å². The van der Waals surface area contributed by atoms with Gasteiger partial charge in [0.15, 0.2) is 0 Å². The summed E-state index contributed by atoms with van der Waals surface area (Å²) in [6.07, 6.45) is 1.68. The van der Waals surface area contributed by atoms with Crippen molar-refractivity contribution in [1.29, 1.82) is 0 Å². The molecule has 206 valence electrons. The monoisotopic (exact) mass is 529 g/mol. The molecule has 1 heterocycles. The van der Waals surface area contributed by atoms with E-state index in [9.17, 15) is 14.7 Å². The van der Waals surface area contributed by atoms with Gasteiger partial charge in [0.25, 0.3) is 0 Å². The molecule has 3 aromatic rings. The zero-order chi connectivity index (χ0) is 28.2. The number of aliphatic carboxylic acids is 1. The van der Waals surface area contributed by atoms with Gasteiger partial charge >= 0.3 is 5.97 Å². The highest BCUT2D eigenvalue weighted by atomic mass is 16.5. The normalized spacial score (nSPS) is 16.2. The number of carbonyl (C=O) groups excluding carboxylic acids is 1. The second-order valence-corrected chi connectivity index (χ2v) is 11.4. The Hall–Kier alpha value is -3.80. The first-order valence-corrected chi connectivity index (χ1v) is 13.6. The lowest BCUT2D eigenvalue weighted by Gasteiger charge is -2.24. The fourth-order valence-corrected chi connectivity index (χ4v) is 5.13. The lowest BCUT2D eigenvalue weighted by molar-refractivity contribution is -0.144. The van der Waals surface area contributed by atoms with E-state index in [2.05, 4.69) is 45.0 Å². The molecule has 0 radical (unpaired) electrons.